The van der Waals surface area contributed by atoms with Crippen molar-refractivity contribution < 1.29 is 9.53 Å². The van der Waals surface area contributed by atoms with E-state index >= 15 is 0 Å². The van der Waals surface area contributed by atoms with E-state index in [9.17, 15) is 4.79 Å². The minimum Gasteiger partial charge on any atom is -0.444 e. The lowest BCUT2D eigenvalue weighted by atomic mass is 9.58. The number of amides is 1. The molecule has 3 aliphatic rings. The summed E-state index contributed by atoms with van der Waals surface area (Å²) in [7, 11) is 0. The van der Waals surface area contributed by atoms with Crippen LogP contribution >= 0.6 is 0 Å². The molecule has 1 unspecified atom stereocenters. The molecule has 104 valence electrons. The van der Waals surface area contributed by atoms with Gasteiger partial charge in [0.05, 0.1) is 0 Å². The Morgan fingerprint density at radius 2 is 2.06 bits per heavy atom. The van der Waals surface area contributed by atoms with Crippen molar-refractivity contribution in [1.82, 2.24) is 4.90 Å². The van der Waals surface area contributed by atoms with E-state index in [4.69, 9.17) is 4.74 Å². The first-order valence-electron chi connectivity index (χ1n) is 7.33. The molecule has 0 aromatic rings. The van der Waals surface area contributed by atoms with Gasteiger partial charge in [-0.1, -0.05) is 20.3 Å². The fraction of sp³-hybridized carbons (Fsp3) is 0.933. The number of hydrogen-bond acceptors (Lipinski definition) is 2. The maximum Gasteiger partial charge on any atom is 0.410 e. The molecule has 1 amide bonds. The van der Waals surface area contributed by atoms with E-state index in [2.05, 4.69) is 13.8 Å². The molecule has 0 spiro atoms. The molecular weight excluding hydrogens is 226 g/mol. The number of fused-ring (bicyclic) bond motifs is 2. The van der Waals surface area contributed by atoms with Gasteiger partial charge < -0.3 is 9.64 Å². The highest BCUT2D eigenvalue weighted by atomic mass is 16.6. The summed E-state index contributed by atoms with van der Waals surface area (Å²) in [5.74, 6) is 2.20. The topological polar surface area (TPSA) is 29.5 Å². The van der Waals surface area contributed by atoms with Crippen molar-refractivity contribution >= 4 is 6.09 Å². The van der Waals surface area contributed by atoms with Crippen LogP contribution in [0.15, 0.2) is 0 Å². The summed E-state index contributed by atoms with van der Waals surface area (Å²) in [6.07, 6.45) is 3.45. The Hall–Kier alpha value is -0.730. The molecule has 0 radical (unpaired) electrons. The van der Waals surface area contributed by atoms with Gasteiger partial charge in [0.15, 0.2) is 0 Å². The molecule has 1 aliphatic carbocycles. The van der Waals surface area contributed by atoms with Gasteiger partial charge in [-0.2, -0.15) is 0 Å². The monoisotopic (exact) mass is 253 g/mol. The summed E-state index contributed by atoms with van der Waals surface area (Å²) >= 11 is 0. The SMILES string of the molecule is CCC[C@@H]1C2C[C@H](CN1C(=O)OC(C)(C)C)[C@H]2C. The van der Waals surface area contributed by atoms with Crippen molar-refractivity contribution in [3.8, 4) is 0 Å². The zero-order chi connectivity index (χ0) is 13.5. The lowest BCUT2D eigenvalue weighted by Crippen LogP contribution is -2.62. The first-order valence-corrected chi connectivity index (χ1v) is 7.33. The second-order valence-electron chi connectivity index (χ2n) is 7.01. The third-order valence-corrected chi connectivity index (χ3v) is 4.53. The zero-order valence-electron chi connectivity index (χ0n) is 12.4. The quantitative estimate of drug-likeness (QED) is 0.751. The third-order valence-electron chi connectivity index (χ3n) is 4.53. The predicted octanol–water partition coefficient (Wildman–Crippen LogP) is 3.68. The van der Waals surface area contributed by atoms with E-state index in [0.717, 1.165) is 25.3 Å². The highest BCUT2D eigenvalue weighted by Crippen LogP contribution is 2.49. The smallest absolute Gasteiger partial charge is 0.410 e. The molecule has 3 rings (SSSR count). The largest absolute Gasteiger partial charge is 0.444 e. The van der Waals surface area contributed by atoms with Gasteiger partial charge in [-0.3, -0.25) is 0 Å². The minimum absolute atomic E-state index is 0.109. The summed E-state index contributed by atoms with van der Waals surface area (Å²) in [5.41, 5.74) is -0.388. The number of hydrogen-bond donors (Lipinski definition) is 0. The van der Waals surface area contributed by atoms with E-state index in [1.54, 1.807) is 0 Å². The predicted molar refractivity (Wildman–Crippen MR) is 72.4 cm³/mol. The summed E-state index contributed by atoms with van der Waals surface area (Å²) in [6.45, 7) is 11.3. The van der Waals surface area contributed by atoms with Gasteiger partial charge in [0, 0.05) is 12.6 Å². The molecule has 2 bridgehead atoms. The molecule has 0 aromatic heterocycles. The van der Waals surface area contributed by atoms with Crippen LogP contribution in [0.5, 0.6) is 0 Å². The molecule has 3 nitrogen and oxygen atoms in total. The van der Waals surface area contributed by atoms with Crippen LogP contribution in [-0.2, 0) is 4.74 Å². The molecule has 18 heavy (non-hydrogen) atoms. The Balaban J connectivity index is 2.05. The average Bonchev–Trinajstić information content (AvgIpc) is 2.26. The van der Waals surface area contributed by atoms with Crippen LogP contribution in [0.3, 0.4) is 0 Å². The Morgan fingerprint density at radius 1 is 1.39 bits per heavy atom. The van der Waals surface area contributed by atoms with Crippen LogP contribution in [0.1, 0.15) is 53.9 Å². The van der Waals surface area contributed by atoms with Crippen molar-refractivity contribution in [1.29, 1.82) is 0 Å². The summed E-state index contributed by atoms with van der Waals surface area (Å²) in [4.78, 5) is 14.3. The van der Waals surface area contributed by atoms with E-state index < -0.39 is 0 Å². The maximum absolute atomic E-state index is 12.3. The van der Waals surface area contributed by atoms with Gasteiger partial charge >= 0.3 is 6.09 Å². The lowest BCUT2D eigenvalue weighted by molar-refractivity contribution is -0.0869. The van der Waals surface area contributed by atoms with E-state index in [1.165, 1.54) is 6.42 Å². The van der Waals surface area contributed by atoms with Crippen molar-refractivity contribution in [3.05, 3.63) is 0 Å². The van der Waals surface area contributed by atoms with Crippen LogP contribution in [0.2, 0.25) is 0 Å². The Kier molecular flexibility index (Phi) is 3.61. The van der Waals surface area contributed by atoms with Crippen LogP contribution in [0.25, 0.3) is 0 Å². The van der Waals surface area contributed by atoms with Gasteiger partial charge in [0.25, 0.3) is 0 Å². The fourth-order valence-corrected chi connectivity index (χ4v) is 3.50. The van der Waals surface area contributed by atoms with Crippen LogP contribution in [-0.4, -0.2) is 29.2 Å². The molecule has 2 saturated heterocycles. The van der Waals surface area contributed by atoms with Crippen molar-refractivity contribution in [3.63, 3.8) is 0 Å². The number of ether oxygens (including phenoxy) is 1. The molecule has 3 heteroatoms. The second-order valence-corrected chi connectivity index (χ2v) is 7.01. The fourth-order valence-electron chi connectivity index (χ4n) is 3.50. The summed E-state index contributed by atoms with van der Waals surface area (Å²) in [6, 6.07) is 0.407. The maximum atomic E-state index is 12.3. The van der Waals surface area contributed by atoms with Gasteiger partial charge in [-0.05, 0) is 51.4 Å². The zero-order valence-corrected chi connectivity index (χ0v) is 12.4. The number of rotatable bonds is 2. The summed E-state index contributed by atoms with van der Waals surface area (Å²) in [5, 5.41) is 0. The van der Waals surface area contributed by atoms with Crippen LogP contribution in [0.4, 0.5) is 4.79 Å². The molecule has 1 saturated carbocycles. The average molecular weight is 253 g/mol. The Morgan fingerprint density at radius 3 is 2.56 bits per heavy atom. The highest BCUT2D eigenvalue weighted by molar-refractivity contribution is 5.69. The first kappa shape index (κ1) is 13.7. The number of nitrogens with zero attached hydrogens (tertiary/aromatic N) is 1. The lowest BCUT2D eigenvalue weighted by Gasteiger charge is -2.57. The van der Waals surface area contributed by atoms with Crippen LogP contribution < -0.4 is 0 Å². The molecule has 0 N–H and O–H groups in total. The van der Waals surface area contributed by atoms with Crippen LogP contribution in [0, 0.1) is 17.8 Å². The molecular formula is C15H27NO2. The molecule has 2 aliphatic heterocycles. The van der Waals surface area contributed by atoms with Gasteiger partial charge in [0.1, 0.15) is 5.60 Å². The molecule has 2 heterocycles. The van der Waals surface area contributed by atoms with Gasteiger partial charge in [0.2, 0.25) is 0 Å². The van der Waals surface area contributed by atoms with Crippen molar-refractivity contribution in [2.45, 2.75) is 65.5 Å². The number of carbonyl (C=O) groups excluding carboxylic acids is 1. The standard InChI is InChI=1S/C15H27NO2/c1-6-7-13-12-8-11(10(12)2)9-16(13)14(17)18-15(3,4)5/h10-13H,6-9H2,1-5H3/t10-,11-,12?,13-/m1/s1. The normalized spacial score (nSPS) is 35.1. The third kappa shape index (κ3) is 2.50. The van der Waals surface area contributed by atoms with E-state index in [0.29, 0.717) is 17.9 Å². The molecule has 0 aromatic carbocycles. The number of piperidine rings is 2. The minimum atomic E-state index is -0.388. The number of carbonyl (C=O) groups is 1. The molecule has 3 fully saturated rings. The van der Waals surface area contributed by atoms with Gasteiger partial charge in [-0.25, -0.2) is 4.79 Å². The molecule has 4 atom stereocenters. The van der Waals surface area contributed by atoms with Crippen molar-refractivity contribution in [2.75, 3.05) is 6.54 Å². The van der Waals surface area contributed by atoms with Gasteiger partial charge in [-0.15, -0.1) is 0 Å². The van der Waals surface area contributed by atoms with E-state index in [1.807, 2.05) is 25.7 Å². The highest BCUT2D eigenvalue weighted by Gasteiger charge is 2.51. The second kappa shape index (κ2) is 4.75. The first-order chi connectivity index (χ1) is 8.33. The summed E-state index contributed by atoms with van der Waals surface area (Å²) < 4.78 is 5.54. The Labute approximate surface area is 111 Å². The van der Waals surface area contributed by atoms with E-state index in [-0.39, 0.29) is 11.7 Å². The Bertz CT molecular complexity index is 321. The van der Waals surface area contributed by atoms with Crippen molar-refractivity contribution in [2.24, 2.45) is 17.8 Å².